The number of carbonyl (C=O) groups excluding carboxylic acids is 1. The van der Waals surface area contributed by atoms with Gasteiger partial charge in [-0.1, -0.05) is 19.3 Å². The van der Waals surface area contributed by atoms with Gasteiger partial charge in [-0.25, -0.2) is 0 Å². The molecule has 3 heteroatoms. The second kappa shape index (κ2) is 6.02. The van der Waals surface area contributed by atoms with Crippen LogP contribution in [0.25, 0.3) is 0 Å². The summed E-state index contributed by atoms with van der Waals surface area (Å²) in [6.07, 6.45) is 6.90. The van der Waals surface area contributed by atoms with E-state index in [9.17, 15) is 4.79 Å². The fourth-order valence-corrected chi connectivity index (χ4v) is 2.03. The van der Waals surface area contributed by atoms with Crippen LogP contribution in [0.2, 0.25) is 0 Å². The van der Waals surface area contributed by atoms with E-state index < -0.39 is 0 Å². The molecule has 1 aliphatic carbocycles. The van der Waals surface area contributed by atoms with Crippen molar-refractivity contribution in [2.24, 2.45) is 5.92 Å². The lowest BCUT2D eigenvalue weighted by atomic mass is 9.87. The van der Waals surface area contributed by atoms with E-state index in [0.29, 0.717) is 12.3 Å². The van der Waals surface area contributed by atoms with Gasteiger partial charge in [-0.05, 0) is 25.7 Å². The van der Waals surface area contributed by atoms with Gasteiger partial charge in [-0.3, -0.25) is 4.79 Å². The van der Waals surface area contributed by atoms with Gasteiger partial charge >= 0.3 is 0 Å². The Hall–Kier alpha value is -0.570. The normalized spacial score (nSPS) is 20.4. The van der Waals surface area contributed by atoms with Crippen molar-refractivity contribution >= 4 is 5.91 Å². The Balaban J connectivity index is 2.18. The first-order valence-electron chi connectivity index (χ1n) is 5.62. The highest BCUT2D eigenvalue weighted by molar-refractivity contribution is 5.76. The molecule has 0 unspecified atom stereocenters. The van der Waals surface area contributed by atoms with Gasteiger partial charge in [0.1, 0.15) is 0 Å². The fourth-order valence-electron chi connectivity index (χ4n) is 2.03. The highest BCUT2D eigenvalue weighted by Gasteiger charge is 2.17. The molecule has 0 aromatic rings. The van der Waals surface area contributed by atoms with Crippen LogP contribution in [0.15, 0.2) is 0 Å². The molecule has 0 bridgehead atoms. The van der Waals surface area contributed by atoms with E-state index in [0.717, 1.165) is 0 Å². The zero-order valence-electron chi connectivity index (χ0n) is 8.96. The number of nitrogens with one attached hydrogen (secondary N) is 1. The molecule has 0 aromatic carbocycles. The Bertz CT molecular complexity index is 176. The molecule has 1 atom stereocenters. The maximum atomic E-state index is 11.5. The minimum Gasteiger partial charge on any atom is -0.394 e. The minimum absolute atomic E-state index is 0.0242. The number of hydrogen-bond donors (Lipinski definition) is 2. The van der Waals surface area contributed by atoms with Crippen molar-refractivity contribution in [2.45, 2.75) is 51.5 Å². The molecule has 0 aromatic heterocycles. The summed E-state index contributed by atoms with van der Waals surface area (Å²) >= 11 is 0. The van der Waals surface area contributed by atoms with Crippen molar-refractivity contribution in [3.8, 4) is 0 Å². The smallest absolute Gasteiger partial charge is 0.220 e. The first-order chi connectivity index (χ1) is 6.72. The summed E-state index contributed by atoms with van der Waals surface area (Å²) < 4.78 is 0. The van der Waals surface area contributed by atoms with Crippen LogP contribution in [0, 0.1) is 5.92 Å². The highest BCUT2D eigenvalue weighted by Crippen LogP contribution is 2.25. The minimum atomic E-state index is -0.105. The number of carbonyl (C=O) groups is 1. The summed E-state index contributed by atoms with van der Waals surface area (Å²) in [4.78, 5) is 11.5. The molecule has 0 aliphatic heterocycles. The molecule has 1 aliphatic rings. The van der Waals surface area contributed by atoms with Gasteiger partial charge in [0.15, 0.2) is 0 Å². The first-order valence-corrected chi connectivity index (χ1v) is 5.62. The zero-order chi connectivity index (χ0) is 10.4. The molecule has 1 fully saturated rings. The van der Waals surface area contributed by atoms with Crippen molar-refractivity contribution in [3.05, 3.63) is 0 Å². The Labute approximate surface area is 85.9 Å². The Kier molecular flexibility index (Phi) is 4.94. The second-order valence-corrected chi connectivity index (χ2v) is 4.36. The Morgan fingerprint density at radius 2 is 2.07 bits per heavy atom. The standard InChI is InChI=1S/C11H21NO2/c1-9(8-13)12-11(14)7-10-5-3-2-4-6-10/h9-10,13H,2-8H2,1H3,(H,12,14)/t9-/m1/s1. The number of rotatable bonds is 4. The van der Waals surface area contributed by atoms with Gasteiger partial charge in [0.25, 0.3) is 0 Å². The van der Waals surface area contributed by atoms with E-state index in [1.807, 2.05) is 6.92 Å². The van der Waals surface area contributed by atoms with Crippen molar-refractivity contribution in [2.75, 3.05) is 6.61 Å². The van der Waals surface area contributed by atoms with Crippen molar-refractivity contribution in [3.63, 3.8) is 0 Å². The number of amides is 1. The van der Waals surface area contributed by atoms with Crippen LogP contribution in [0.3, 0.4) is 0 Å². The molecule has 0 spiro atoms. The fraction of sp³-hybridized carbons (Fsp3) is 0.909. The summed E-state index contributed by atoms with van der Waals surface area (Å²) in [7, 11) is 0. The maximum Gasteiger partial charge on any atom is 0.220 e. The average molecular weight is 199 g/mol. The van der Waals surface area contributed by atoms with Crippen LogP contribution in [0.5, 0.6) is 0 Å². The maximum absolute atomic E-state index is 11.5. The third-order valence-corrected chi connectivity index (χ3v) is 2.88. The molecule has 1 amide bonds. The van der Waals surface area contributed by atoms with Crippen LogP contribution >= 0.6 is 0 Å². The van der Waals surface area contributed by atoms with Crippen LogP contribution in [0.4, 0.5) is 0 Å². The number of aliphatic hydroxyl groups is 1. The monoisotopic (exact) mass is 199 g/mol. The van der Waals surface area contributed by atoms with E-state index >= 15 is 0 Å². The number of hydrogen-bond acceptors (Lipinski definition) is 2. The lowest BCUT2D eigenvalue weighted by Crippen LogP contribution is -2.36. The van der Waals surface area contributed by atoms with Crippen molar-refractivity contribution < 1.29 is 9.90 Å². The van der Waals surface area contributed by atoms with E-state index in [1.165, 1.54) is 32.1 Å². The molecule has 0 radical (unpaired) electrons. The SMILES string of the molecule is C[C@H](CO)NC(=O)CC1CCCCC1. The van der Waals surface area contributed by atoms with Gasteiger partial charge in [0.05, 0.1) is 6.61 Å². The van der Waals surface area contributed by atoms with Crippen molar-refractivity contribution in [1.82, 2.24) is 5.32 Å². The Morgan fingerprint density at radius 3 is 2.64 bits per heavy atom. The Morgan fingerprint density at radius 1 is 1.43 bits per heavy atom. The quantitative estimate of drug-likeness (QED) is 0.720. The summed E-state index contributed by atoms with van der Waals surface area (Å²) in [6, 6.07) is -0.105. The average Bonchev–Trinajstić information content (AvgIpc) is 2.19. The van der Waals surface area contributed by atoms with Gasteiger partial charge in [0, 0.05) is 12.5 Å². The van der Waals surface area contributed by atoms with Gasteiger partial charge < -0.3 is 10.4 Å². The van der Waals surface area contributed by atoms with E-state index in [4.69, 9.17) is 5.11 Å². The van der Waals surface area contributed by atoms with Crippen molar-refractivity contribution in [1.29, 1.82) is 0 Å². The van der Waals surface area contributed by atoms with Crippen LogP contribution < -0.4 is 5.32 Å². The van der Waals surface area contributed by atoms with Gasteiger partial charge in [0.2, 0.25) is 5.91 Å². The van der Waals surface area contributed by atoms with E-state index in [-0.39, 0.29) is 18.6 Å². The molecule has 1 rings (SSSR count). The summed E-state index contributed by atoms with van der Waals surface area (Å²) in [5.41, 5.74) is 0. The first kappa shape index (κ1) is 11.5. The third kappa shape index (κ3) is 4.09. The molecule has 0 saturated heterocycles. The second-order valence-electron chi connectivity index (χ2n) is 4.36. The topological polar surface area (TPSA) is 49.3 Å². The molecule has 0 heterocycles. The van der Waals surface area contributed by atoms with Crippen LogP contribution in [0.1, 0.15) is 45.4 Å². The zero-order valence-corrected chi connectivity index (χ0v) is 8.96. The lowest BCUT2D eigenvalue weighted by molar-refractivity contribution is -0.123. The summed E-state index contributed by atoms with van der Waals surface area (Å²) in [5, 5.41) is 11.6. The van der Waals surface area contributed by atoms with Gasteiger partial charge in [-0.15, -0.1) is 0 Å². The molecule has 82 valence electrons. The van der Waals surface area contributed by atoms with E-state index in [1.54, 1.807) is 0 Å². The molecular formula is C11H21NO2. The van der Waals surface area contributed by atoms with Crippen LogP contribution in [-0.4, -0.2) is 23.7 Å². The predicted molar refractivity (Wildman–Crippen MR) is 55.9 cm³/mol. The lowest BCUT2D eigenvalue weighted by Gasteiger charge is -2.21. The molecule has 2 N–H and O–H groups in total. The predicted octanol–water partition coefficient (Wildman–Crippen LogP) is 1.45. The molecule has 14 heavy (non-hydrogen) atoms. The molecule has 3 nitrogen and oxygen atoms in total. The third-order valence-electron chi connectivity index (χ3n) is 2.88. The highest BCUT2D eigenvalue weighted by atomic mass is 16.3. The summed E-state index contributed by atoms with van der Waals surface area (Å²) in [6.45, 7) is 1.84. The van der Waals surface area contributed by atoms with E-state index in [2.05, 4.69) is 5.32 Å². The molecule has 1 saturated carbocycles. The molecular weight excluding hydrogens is 178 g/mol. The number of aliphatic hydroxyl groups excluding tert-OH is 1. The summed E-state index contributed by atoms with van der Waals surface area (Å²) in [5.74, 6) is 0.674. The largest absolute Gasteiger partial charge is 0.394 e. The van der Waals surface area contributed by atoms with Crippen LogP contribution in [-0.2, 0) is 4.79 Å². The van der Waals surface area contributed by atoms with Gasteiger partial charge in [-0.2, -0.15) is 0 Å².